The van der Waals surface area contributed by atoms with E-state index in [0.29, 0.717) is 41.4 Å². The van der Waals surface area contributed by atoms with E-state index in [-0.39, 0.29) is 27.2 Å². The van der Waals surface area contributed by atoms with E-state index in [9.17, 15) is 14.4 Å². The monoisotopic (exact) mass is 815 g/mol. The van der Waals surface area contributed by atoms with Crippen LogP contribution in [0.3, 0.4) is 0 Å². The van der Waals surface area contributed by atoms with E-state index in [1.54, 1.807) is 12.1 Å². The topological polar surface area (TPSA) is 150 Å². The van der Waals surface area contributed by atoms with Gasteiger partial charge in [0.1, 0.15) is 28.8 Å². The third kappa shape index (κ3) is 11.0. The molecule has 1 aliphatic heterocycles. The Hall–Kier alpha value is -7.01. The number of ketones is 2. The number of ether oxygens (including phenoxy) is 1. The molecule has 0 bridgehead atoms. The largest absolute Gasteiger partial charge is 0.426 e. The van der Waals surface area contributed by atoms with Crippen LogP contribution >= 0.6 is 0 Å². The van der Waals surface area contributed by atoms with Crippen LogP contribution in [0, 0.1) is 0 Å². The molecular weight excluding hydrogens is 763 g/mol. The van der Waals surface area contributed by atoms with Crippen molar-refractivity contribution in [2.45, 2.75) is 47.0 Å². The van der Waals surface area contributed by atoms with Gasteiger partial charge in [0, 0.05) is 47.9 Å². The molecule has 1 fully saturated rings. The Morgan fingerprint density at radius 2 is 1.11 bits per heavy atom. The fourth-order valence-electron chi connectivity index (χ4n) is 7.14. The molecule has 1 aliphatic carbocycles. The highest BCUT2D eigenvalue weighted by molar-refractivity contribution is 6.52. The van der Waals surface area contributed by atoms with Crippen LogP contribution in [-0.4, -0.2) is 62.8 Å². The number of imidazole rings is 2. The van der Waals surface area contributed by atoms with Crippen molar-refractivity contribution in [1.82, 2.24) is 25.3 Å². The van der Waals surface area contributed by atoms with Crippen LogP contribution in [-0.2, 0) is 24.1 Å². The lowest BCUT2D eigenvalue weighted by Gasteiger charge is -2.11. The van der Waals surface area contributed by atoms with E-state index in [0.717, 1.165) is 51.4 Å². The first-order valence-corrected chi connectivity index (χ1v) is 19.7. The zero-order valence-electron chi connectivity index (χ0n) is 32.8. The van der Waals surface area contributed by atoms with Gasteiger partial charge in [-0.2, -0.15) is 0 Å². The minimum absolute atomic E-state index is 0. The molecule has 312 valence electrons. The van der Waals surface area contributed by atoms with E-state index in [1.165, 1.54) is 31.5 Å². The molecule has 4 N–H and O–H groups in total. The minimum atomic E-state index is -0.513. The highest BCUT2D eigenvalue weighted by atomic mass is 16.5. The van der Waals surface area contributed by atoms with Gasteiger partial charge in [0.05, 0.1) is 17.5 Å². The number of rotatable bonds is 7. The smallest absolute Gasteiger partial charge is 0.315 e. The number of carbonyl (C=O) groups excluding carboxylic acids is 3. The number of aliphatic hydroxyl groups excluding tert-OH is 1. The van der Waals surface area contributed by atoms with Crippen molar-refractivity contribution >= 4 is 39.3 Å². The molecular formula is C51H53N5O5. The van der Waals surface area contributed by atoms with Gasteiger partial charge in [0.15, 0.2) is 0 Å². The van der Waals surface area contributed by atoms with Gasteiger partial charge in [-0.3, -0.25) is 14.4 Å². The molecule has 0 saturated carbocycles. The van der Waals surface area contributed by atoms with Gasteiger partial charge in [-0.25, -0.2) is 9.97 Å². The van der Waals surface area contributed by atoms with Crippen molar-refractivity contribution in [2.24, 2.45) is 0 Å². The molecule has 0 spiro atoms. The predicted molar refractivity (Wildman–Crippen MR) is 244 cm³/mol. The number of fused-ring (bicyclic) bond motifs is 6. The number of hydrogen-bond donors (Lipinski definition) is 4. The van der Waals surface area contributed by atoms with Gasteiger partial charge in [0.2, 0.25) is 5.78 Å². The number of benzene rings is 6. The Morgan fingerprint density at radius 3 is 1.69 bits per heavy atom. The lowest BCUT2D eigenvalue weighted by Crippen LogP contribution is -2.21. The number of esters is 1. The van der Waals surface area contributed by atoms with Crippen molar-refractivity contribution in [3.05, 3.63) is 185 Å². The second-order valence-corrected chi connectivity index (χ2v) is 14.0. The van der Waals surface area contributed by atoms with Crippen LogP contribution in [0.1, 0.15) is 76.9 Å². The molecule has 10 rings (SSSR count). The molecule has 3 heterocycles. The maximum atomic E-state index is 12.6. The maximum Gasteiger partial charge on any atom is 0.315 e. The number of Topliss-reactive ketones (excluding diaryl/α,β-unsaturated/α-hetero) is 2. The lowest BCUT2D eigenvalue weighted by atomic mass is 9.90. The zero-order valence-corrected chi connectivity index (χ0v) is 32.8. The summed E-state index contributed by atoms with van der Waals surface area (Å²) < 4.78 is 5.78. The fraction of sp³-hybridized carbons (Fsp3) is 0.196. The number of H-pyrrole nitrogens is 2. The minimum Gasteiger partial charge on any atom is -0.426 e. The molecule has 0 atom stereocenters. The van der Waals surface area contributed by atoms with Gasteiger partial charge in [-0.15, -0.1) is 0 Å². The Balaban J connectivity index is 0.000000200. The Kier molecular flexibility index (Phi) is 16.1. The molecule has 10 nitrogen and oxygen atoms in total. The molecule has 0 radical (unpaired) electrons. The maximum absolute atomic E-state index is 12.6. The summed E-state index contributed by atoms with van der Waals surface area (Å²) in [6.07, 6.45) is 4.32. The first kappa shape index (κ1) is 45.1. The van der Waals surface area contributed by atoms with Gasteiger partial charge in [-0.1, -0.05) is 154 Å². The van der Waals surface area contributed by atoms with E-state index in [4.69, 9.17) is 14.8 Å². The van der Waals surface area contributed by atoms with E-state index in [1.807, 2.05) is 121 Å². The Bertz CT molecular complexity index is 2660. The molecule has 2 aromatic heterocycles. The van der Waals surface area contributed by atoms with Crippen molar-refractivity contribution < 1.29 is 24.2 Å². The van der Waals surface area contributed by atoms with Crippen molar-refractivity contribution in [3.63, 3.8) is 0 Å². The van der Waals surface area contributed by atoms with E-state index in [2.05, 4.69) is 32.4 Å². The summed E-state index contributed by atoms with van der Waals surface area (Å²) >= 11 is 0. The number of nitrogens with zero attached hydrogens (tertiary/aromatic N) is 2. The predicted octanol–water partition coefficient (Wildman–Crippen LogP) is 9.75. The van der Waals surface area contributed by atoms with Gasteiger partial charge >= 0.3 is 5.97 Å². The number of hydrogen-bond acceptors (Lipinski definition) is 8. The quantitative estimate of drug-likeness (QED) is 0.0706. The average molecular weight is 816 g/mol. The molecule has 0 amide bonds. The Labute approximate surface area is 357 Å². The number of carbonyl (C=O) groups is 3. The van der Waals surface area contributed by atoms with Crippen LogP contribution in [0.2, 0.25) is 0 Å². The first-order valence-electron chi connectivity index (χ1n) is 19.7. The second-order valence-electron chi connectivity index (χ2n) is 14.0. The lowest BCUT2D eigenvalue weighted by molar-refractivity contribution is -0.133. The van der Waals surface area contributed by atoms with Crippen molar-refractivity contribution in [3.8, 4) is 17.0 Å². The molecule has 1 saturated heterocycles. The summed E-state index contributed by atoms with van der Waals surface area (Å²) in [5, 5.41) is 12.1. The molecule has 8 aromatic rings. The second kappa shape index (κ2) is 21.8. The SMILES string of the molecule is C.C.C1CCNC1.CO.O=C(Cc1ccccc1)Oc1cc2[nH]c(Cc3ccccc3)nc2c2ccccc12.O=C1C(=O)c2[nH]c(Cc3ccccc3)nc2-c2ccccc21. The van der Waals surface area contributed by atoms with Crippen LogP contribution < -0.4 is 10.1 Å². The van der Waals surface area contributed by atoms with Gasteiger partial charge in [-0.05, 0) is 42.6 Å². The molecule has 2 aliphatic rings. The highest BCUT2D eigenvalue weighted by Crippen LogP contribution is 2.34. The van der Waals surface area contributed by atoms with Crippen LogP contribution in [0.15, 0.2) is 146 Å². The summed E-state index contributed by atoms with van der Waals surface area (Å²) in [5.74, 6) is 0.852. The molecule has 61 heavy (non-hydrogen) atoms. The molecule has 10 heteroatoms. The summed E-state index contributed by atoms with van der Waals surface area (Å²) in [4.78, 5) is 52.7. The van der Waals surface area contributed by atoms with Gasteiger partial charge < -0.3 is 25.1 Å². The number of nitrogens with one attached hydrogen (secondary N) is 3. The summed E-state index contributed by atoms with van der Waals surface area (Å²) in [6.45, 7) is 2.50. The van der Waals surface area contributed by atoms with E-state index < -0.39 is 11.6 Å². The van der Waals surface area contributed by atoms with Crippen LogP contribution in [0.25, 0.3) is 33.1 Å². The van der Waals surface area contributed by atoms with Crippen LogP contribution in [0.5, 0.6) is 5.75 Å². The fourth-order valence-corrected chi connectivity index (χ4v) is 7.14. The van der Waals surface area contributed by atoms with Gasteiger partial charge in [0.25, 0.3) is 5.78 Å². The highest BCUT2D eigenvalue weighted by Gasteiger charge is 2.33. The number of aliphatic hydroxyl groups is 1. The summed E-state index contributed by atoms with van der Waals surface area (Å²) in [6, 6.07) is 46.6. The van der Waals surface area contributed by atoms with Crippen LogP contribution in [0.4, 0.5) is 0 Å². The zero-order chi connectivity index (χ0) is 41.0. The Morgan fingerprint density at radius 1 is 0.607 bits per heavy atom. The number of aromatic amines is 2. The normalized spacial score (nSPS) is 12.2. The summed E-state index contributed by atoms with van der Waals surface area (Å²) in [7, 11) is 1.00. The summed E-state index contributed by atoms with van der Waals surface area (Å²) in [5.41, 5.74) is 6.99. The third-order valence-corrected chi connectivity index (χ3v) is 9.92. The van der Waals surface area contributed by atoms with Crippen molar-refractivity contribution in [2.75, 3.05) is 20.2 Å². The first-order chi connectivity index (χ1) is 29.0. The molecule has 6 aromatic carbocycles. The van der Waals surface area contributed by atoms with Crippen molar-refractivity contribution in [1.29, 1.82) is 0 Å². The average Bonchev–Trinajstić information content (AvgIpc) is 4.09. The third-order valence-electron chi connectivity index (χ3n) is 9.92. The molecule has 0 unspecified atom stereocenters. The van der Waals surface area contributed by atoms with E-state index >= 15 is 0 Å². The number of aromatic nitrogens is 4. The standard InChI is InChI=1S/C26H20N2O2.C18H12N2O2.C4H9N.CH4O.2CH4/c29-25(16-19-11-5-2-6-12-19)30-23-17-22-26(21-14-8-7-13-20(21)23)28-24(27-22)15-18-9-3-1-4-10-18;21-17-13-9-5-4-8-12(13)15-16(18(17)22)20-14(19-15)10-11-6-2-1-3-7-11;1-2-4-5-3-1;1-2;;/h1-14,17H,15-16H2,(H,27,28);1-9H,10H2,(H,19,20);5H,1-4H2;2H,1H3;2*1H4.